The molecule has 6 rings (SSSR count). The van der Waals surface area contributed by atoms with E-state index in [1.807, 2.05) is 0 Å². The van der Waals surface area contributed by atoms with Crippen LogP contribution in [0.25, 0.3) is 11.6 Å². The van der Waals surface area contributed by atoms with Crippen molar-refractivity contribution in [2.24, 2.45) is 0 Å². The quantitative estimate of drug-likeness (QED) is 0.332. The van der Waals surface area contributed by atoms with E-state index < -0.39 is 8.41 Å². The van der Waals surface area contributed by atoms with E-state index in [0.29, 0.717) is 0 Å². The standard InChI is InChI=1S/C32H26Si/c1-22-17-18-27(23(22)2)32-30-21-24-11-9-10-16-28(24)29(30)19-20-31(32)33(25-12-5-3-6-13-25)26-14-7-4-8-15-26/h3-17,19-21H,18H2,1-2H3. The first-order valence-corrected chi connectivity index (χ1v) is 13.2. The molecule has 2 aliphatic carbocycles. The predicted molar refractivity (Wildman–Crippen MR) is 141 cm³/mol. The normalized spacial score (nSPS) is 13.9. The molecule has 0 saturated heterocycles. The van der Waals surface area contributed by atoms with Crippen LogP contribution in [0.15, 0.2) is 114 Å². The van der Waals surface area contributed by atoms with Gasteiger partial charge in [-0.25, -0.2) is 0 Å². The highest BCUT2D eigenvalue weighted by atomic mass is 28.2. The Morgan fingerprint density at radius 2 is 1.27 bits per heavy atom. The van der Waals surface area contributed by atoms with Crippen molar-refractivity contribution in [3.8, 4) is 0 Å². The van der Waals surface area contributed by atoms with Crippen LogP contribution in [0.2, 0.25) is 0 Å². The van der Waals surface area contributed by atoms with Gasteiger partial charge in [-0.1, -0.05) is 109 Å². The lowest BCUT2D eigenvalue weighted by atomic mass is 9.95. The molecule has 0 unspecified atom stereocenters. The van der Waals surface area contributed by atoms with Crippen molar-refractivity contribution in [3.63, 3.8) is 0 Å². The molecule has 0 amide bonds. The molecule has 0 aliphatic heterocycles. The van der Waals surface area contributed by atoms with Crippen molar-refractivity contribution >= 4 is 30.4 Å². The molecule has 4 aromatic rings. The fourth-order valence-electron chi connectivity index (χ4n) is 5.34. The highest BCUT2D eigenvalue weighted by Gasteiger charge is 2.21. The van der Waals surface area contributed by atoms with Gasteiger partial charge < -0.3 is 0 Å². The number of rotatable bonds is 3. The highest BCUT2D eigenvalue weighted by Crippen LogP contribution is 2.36. The summed E-state index contributed by atoms with van der Waals surface area (Å²) in [4.78, 5) is 1.50. The summed E-state index contributed by atoms with van der Waals surface area (Å²) < 4.78 is 0. The van der Waals surface area contributed by atoms with Gasteiger partial charge in [-0.05, 0) is 79.5 Å². The van der Waals surface area contributed by atoms with E-state index in [2.05, 4.69) is 123 Å². The molecular formula is C32H26Si. The van der Waals surface area contributed by atoms with Gasteiger partial charge in [0.1, 0.15) is 0 Å². The second-order valence-corrected chi connectivity index (χ2v) is 11.4. The van der Waals surface area contributed by atoms with Crippen molar-refractivity contribution in [3.05, 3.63) is 146 Å². The minimum absolute atomic E-state index is 1.02. The number of benzene rings is 4. The molecule has 0 N–H and O–H groups in total. The molecule has 2 aliphatic rings. The fraction of sp³-hybridized carbons (Fsp3) is 0.0938. The van der Waals surface area contributed by atoms with E-state index in [9.17, 15) is 0 Å². The average Bonchev–Trinajstić information content (AvgIpc) is 3.40. The molecule has 0 atom stereocenters. The Labute approximate surface area is 196 Å². The van der Waals surface area contributed by atoms with E-state index in [1.165, 1.54) is 58.7 Å². The van der Waals surface area contributed by atoms with Crippen LogP contribution in [0, 0.1) is 15.3 Å². The van der Waals surface area contributed by atoms with Gasteiger partial charge in [0, 0.05) is 0 Å². The smallest absolute Gasteiger partial charge is 0.0769 e. The molecule has 0 radical (unpaired) electrons. The van der Waals surface area contributed by atoms with E-state index in [-0.39, 0.29) is 0 Å². The van der Waals surface area contributed by atoms with Gasteiger partial charge in [-0.15, -0.1) is 0 Å². The van der Waals surface area contributed by atoms with Crippen molar-refractivity contribution in [1.82, 2.24) is 0 Å². The summed E-state index contributed by atoms with van der Waals surface area (Å²) in [6, 6.07) is 35.9. The molecule has 0 nitrogen and oxygen atoms in total. The Morgan fingerprint density at radius 1 is 0.636 bits per heavy atom. The van der Waals surface area contributed by atoms with Crippen LogP contribution < -0.4 is 15.6 Å². The van der Waals surface area contributed by atoms with Crippen molar-refractivity contribution in [2.45, 2.75) is 20.3 Å². The summed E-state index contributed by atoms with van der Waals surface area (Å²) in [5.74, 6) is 0. The summed E-state index contributed by atoms with van der Waals surface area (Å²) in [7, 11) is -1.17. The first-order chi connectivity index (χ1) is 16.2. The number of fused-ring (bicyclic) bond motifs is 2. The van der Waals surface area contributed by atoms with Crippen LogP contribution in [-0.4, -0.2) is 8.41 Å². The van der Waals surface area contributed by atoms with Gasteiger partial charge in [0.05, 0.1) is 8.41 Å². The maximum atomic E-state index is 2.44. The third kappa shape index (κ3) is 3.32. The van der Waals surface area contributed by atoms with Crippen molar-refractivity contribution < 1.29 is 0 Å². The van der Waals surface area contributed by atoms with Gasteiger partial charge in [0.2, 0.25) is 0 Å². The molecule has 0 heterocycles. The molecule has 0 spiro atoms. The SMILES string of the molecule is CC1=CCC(c2c3c(ccc2=[Si](c2ccccc2)c2ccccc2)=c2ccccc2=C3)=C1C. The van der Waals surface area contributed by atoms with Gasteiger partial charge in [-0.2, -0.15) is 0 Å². The maximum Gasteiger partial charge on any atom is 0.0884 e. The summed E-state index contributed by atoms with van der Waals surface area (Å²) in [5.41, 5.74) is 7.22. The van der Waals surface area contributed by atoms with Crippen molar-refractivity contribution in [1.29, 1.82) is 0 Å². The number of hydrogen-bond donors (Lipinski definition) is 0. The predicted octanol–water partition coefficient (Wildman–Crippen LogP) is 5.38. The Hall–Kier alpha value is -3.55. The van der Waals surface area contributed by atoms with Gasteiger partial charge in [0.15, 0.2) is 0 Å². The molecule has 0 saturated carbocycles. The summed E-state index contributed by atoms with van der Waals surface area (Å²) in [5, 5.41) is 6.93. The lowest BCUT2D eigenvalue weighted by Crippen LogP contribution is -2.35. The van der Waals surface area contributed by atoms with Crippen LogP contribution in [0.4, 0.5) is 0 Å². The molecule has 0 aromatic heterocycles. The molecule has 1 heteroatoms. The lowest BCUT2D eigenvalue weighted by molar-refractivity contribution is 1.36. The van der Waals surface area contributed by atoms with Gasteiger partial charge in [-0.3, -0.25) is 0 Å². The maximum absolute atomic E-state index is 2.44. The Balaban J connectivity index is 1.83. The molecule has 4 aromatic carbocycles. The summed E-state index contributed by atoms with van der Waals surface area (Å²) >= 11 is 0. The molecule has 33 heavy (non-hydrogen) atoms. The van der Waals surface area contributed by atoms with Crippen LogP contribution in [0.1, 0.15) is 31.4 Å². The van der Waals surface area contributed by atoms with E-state index in [0.717, 1.165) is 6.42 Å². The van der Waals surface area contributed by atoms with E-state index >= 15 is 0 Å². The molecule has 0 fully saturated rings. The van der Waals surface area contributed by atoms with Gasteiger partial charge in [0.25, 0.3) is 0 Å². The lowest BCUT2D eigenvalue weighted by Gasteiger charge is -2.16. The minimum Gasteiger partial charge on any atom is -0.0769 e. The summed E-state index contributed by atoms with van der Waals surface area (Å²) in [6.45, 7) is 4.56. The first-order valence-electron chi connectivity index (χ1n) is 11.7. The third-order valence-corrected chi connectivity index (χ3v) is 9.93. The van der Waals surface area contributed by atoms with Gasteiger partial charge >= 0.3 is 0 Å². The fourth-order valence-corrected chi connectivity index (χ4v) is 8.13. The largest absolute Gasteiger partial charge is 0.0884 e. The average molecular weight is 439 g/mol. The van der Waals surface area contributed by atoms with E-state index in [1.54, 1.807) is 0 Å². The topological polar surface area (TPSA) is 0 Å². The summed E-state index contributed by atoms with van der Waals surface area (Å²) in [6.07, 6.45) is 5.84. The highest BCUT2D eigenvalue weighted by molar-refractivity contribution is 6.78. The molecule has 0 bridgehead atoms. The zero-order valence-electron chi connectivity index (χ0n) is 19.1. The zero-order valence-corrected chi connectivity index (χ0v) is 20.1. The monoisotopic (exact) mass is 438 g/mol. The molecule has 158 valence electrons. The number of allylic oxidation sites excluding steroid dienone is 4. The Kier molecular flexibility index (Phi) is 4.93. The van der Waals surface area contributed by atoms with Crippen LogP contribution in [-0.2, 0) is 0 Å². The van der Waals surface area contributed by atoms with Crippen LogP contribution >= 0.6 is 0 Å². The Bertz CT molecular complexity index is 1630. The minimum atomic E-state index is -1.17. The zero-order chi connectivity index (χ0) is 22.4. The third-order valence-electron chi connectivity index (χ3n) is 7.15. The van der Waals surface area contributed by atoms with Crippen molar-refractivity contribution in [2.75, 3.05) is 0 Å². The second kappa shape index (κ2) is 8.10. The molecular weight excluding hydrogens is 412 g/mol. The second-order valence-electron chi connectivity index (χ2n) is 8.98. The first kappa shape index (κ1) is 20.1. The van der Waals surface area contributed by atoms with E-state index in [4.69, 9.17) is 0 Å². The Morgan fingerprint density at radius 3 is 1.91 bits per heavy atom. The van der Waals surface area contributed by atoms with Crippen LogP contribution in [0.5, 0.6) is 0 Å². The number of hydrogen-bond acceptors (Lipinski definition) is 0. The van der Waals surface area contributed by atoms with Crippen LogP contribution in [0.3, 0.4) is 0 Å².